The highest BCUT2D eigenvalue weighted by Gasteiger charge is 2.45. The van der Waals surface area contributed by atoms with Crippen LogP contribution in [0.1, 0.15) is 81.6 Å². The maximum Gasteiger partial charge on any atom is 0.264 e. The van der Waals surface area contributed by atoms with Crippen molar-refractivity contribution in [2.75, 3.05) is 83.6 Å². The van der Waals surface area contributed by atoms with Gasteiger partial charge in [-0.25, -0.2) is 9.97 Å². The van der Waals surface area contributed by atoms with E-state index < -0.39 is 29.7 Å². The summed E-state index contributed by atoms with van der Waals surface area (Å²) >= 11 is 0. The molecule has 8 rings (SSSR count). The Labute approximate surface area is 380 Å². The van der Waals surface area contributed by atoms with Gasteiger partial charge in [-0.3, -0.25) is 39.0 Å². The summed E-state index contributed by atoms with van der Waals surface area (Å²) in [5, 5.41) is 23.2. The van der Waals surface area contributed by atoms with Crippen LogP contribution < -0.4 is 16.0 Å². The average Bonchev–Trinajstić information content (AvgIpc) is 3.96. The van der Waals surface area contributed by atoms with Crippen LogP contribution in [0.2, 0.25) is 0 Å². The zero-order chi connectivity index (χ0) is 46.2. The van der Waals surface area contributed by atoms with Crippen LogP contribution in [0, 0.1) is 23.2 Å². The van der Waals surface area contributed by atoms with Gasteiger partial charge in [0.2, 0.25) is 17.7 Å². The summed E-state index contributed by atoms with van der Waals surface area (Å²) in [6.07, 6.45) is 8.57. The summed E-state index contributed by atoms with van der Waals surface area (Å²) in [6.45, 7) is 3.69. The number of carbonyl (C=O) groups excluding carboxylic acids is 6. The maximum absolute atomic E-state index is 13.5. The van der Waals surface area contributed by atoms with Crippen LogP contribution in [0.3, 0.4) is 0 Å². The van der Waals surface area contributed by atoms with Crippen molar-refractivity contribution in [2.24, 2.45) is 11.8 Å². The number of fused-ring (bicyclic) bond motifs is 2. The van der Waals surface area contributed by atoms with E-state index in [2.05, 4.69) is 37.1 Å². The first-order chi connectivity index (χ1) is 32.1. The van der Waals surface area contributed by atoms with Crippen molar-refractivity contribution < 1.29 is 47.7 Å². The number of nitriles is 1. The molecule has 3 N–H and O–H groups in total. The monoisotopic (exact) mass is 904 g/mol. The normalized spacial score (nSPS) is 19.0. The molecule has 66 heavy (non-hydrogen) atoms. The summed E-state index contributed by atoms with van der Waals surface area (Å²) in [4.78, 5) is 88.4. The number of Topliss-reactive ketones (excluding diaryl/α,β-unsaturated/α-hetero) is 1. The van der Waals surface area contributed by atoms with Crippen LogP contribution in [-0.4, -0.2) is 150 Å². The van der Waals surface area contributed by atoms with E-state index in [1.807, 2.05) is 6.07 Å². The Morgan fingerprint density at radius 2 is 1.61 bits per heavy atom. The van der Waals surface area contributed by atoms with Gasteiger partial charge in [-0.1, -0.05) is 6.07 Å². The predicted octanol–water partition coefficient (Wildman–Crippen LogP) is 2.90. The van der Waals surface area contributed by atoms with E-state index in [4.69, 9.17) is 18.9 Å². The van der Waals surface area contributed by atoms with Gasteiger partial charge in [0.15, 0.2) is 17.2 Å². The van der Waals surface area contributed by atoms with E-state index in [-0.39, 0.29) is 47.5 Å². The van der Waals surface area contributed by atoms with Crippen molar-refractivity contribution in [1.82, 2.24) is 34.9 Å². The third-order valence-corrected chi connectivity index (χ3v) is 12.0. The molecule has 2 saturated carbocycles. The third kappa shape index (κ3) is 10.7. The van der Waals surface area contributed by atoms with Gasteiger partial charge in [-0.05, 0) is 56.2 Å². The van der Waals surface area contributed by atoms with Crippen LogP contribution in [0.25, 0.3) is 16.9 Å². The molecule has 1 unspecified atom stereocenters. The number of hydrogen-bond acceptors (Lipinski definition) is 16. The molecule has 2 aliphatic carbocycles. The van der Waals surface area contributed by atoms with Crippen LogP contribution >= 0.6 is 0 Å². The number of benzene rings is 1. The number of ether oxygens (including phenoxy) is 4. The Morgan fingerprint density at radius 3 is 2.32 bits per heavy atom. The van der Waals surface area contributed by atoms with E-state index >= 15 is 0 Å². The second kappa shape index (κ2) is 21.1. The SMILES string of the molecule is CN(CCOCCOCCOCCOCCNc1cccc2c1C(=O)N(C1CCC(=O)NC1=O)C2=O)C(=O)C1CC(CC(=O)c2cnc(-n3ncc4cc(C#N)cnc43)cc2NC2CC2)C1. The van der Waals surface area contributed by atoms with Crippen molar-refractivity contribution in [3.8, 4) is 11.9 Å². The Bertz CT molecular complexity index is 2530. The van der Waals surface area contributed by atoms with Crippen LogP contribution in [-0.2, 0) is 33.3 Å². The number of likely N-dealkylation sites (N-methyl/N-ethyl adjacent to an activating group) is 1. The number of nitrogens with zero attached hydrogens (tertiary/aromatic N) is 7. The molecule has 2 aliphatic heterocycles. The minimum absolute atomic E-state index is 0.0149. The van der Waals surface area contributed by atoms with Crippen molar-refractivity contribution >= 4 is 57.7 Å². The number of nitrogens with one attached hydrogen (secondary N) is 3. The number of carbonyl (C=O) groups is 6. The molecule has 1 aromatic carbocycles. The minimum atomic E-state index is -1.03. The van der Waals surface area contributed by atoms with Crippen molar-refractivity contribution in [1.29, 1.82) is 5.26 Å². The van der Waals surface area contributed by atoms with Crippen LogP contribution in [0.4, 0.5) is 11.4 Å². The lowest BCUT2D eigenvalue weighted by Gasteiger charge is -2.36. The van der Waals surface area contributed by atoms with Crippen molar-refractivity contribution in [3.05, 3.63) is 71.2 Å². The van der Waals surface area contributed by atoms with Gasteiger partial charge in [0.05, 0.1) is 87.0 Å². The highest BCUT2D eigenvalue weighted by atomic mass is 16.6. The molecule has 5 amide bonds. The molecular formula is C46H52N10O10. The second-order valence-electron chi connectivity index (χ2n) is 16.8. The van der Waals surface area contributed by atoms with Gasteiger partial charge in [-0.2, -0.15) is 15.0 Å². The maximum atomic E-state index is 13.5. The predicted molar refractivity (Wildman–Crippen MR) is 236 cm³/mol. The minimum Gasteiger partial charge on any atom is -0.382 e. The molecule has 1 saturated heterocycles. The highest BCUT2D eigenvalue weighted by Crippen LogP contribution is 2.39. The highest BCUT2D eigenvalue weighted by molar-refractivity contribution is 6.25. The van der Waals surface area contributed by atoms with Gasteiger partial charge >= 0.3 is 0 Å². The molecular weight excluding hydrogens is 853 g/mol. The Morgan fingerprint density at radius 1 is 0.879 bits per heavy atom. The topological polar surface area (TPSA) is 249 Å². The van der Waals surface area contributed by atoms with Gasteiger partial charge < -0.3 is 34.5 Å². The lowest BCUT2D eigenvalue weighted by Crippen LogP contribution is -2.54. The van der Waals surface area contributed by atoms with Crippen LogP contribution in [0.15, 0.2) is 48.9 Å². The lowest BCUT2D eigenvalue weighted by atomic mass is 9.71. The van der Waals surface area contributed by atoms with Gasteiger partial charge in [0, 0.05) is 74.5 Å². The summed E-state index contributed by atoms with van der Waals surface area (Å²) < 4.78 is 24.1. The summed E-state index contributed by atoms with van der Waals surface area (Å²) in [7, 11) is 1.77. The second-order valence-corrected chi connectivity index (χ2v) is 16.8. The number of aromatic nitrogens is 4. The number of anilines is 2. The standard InChI is InChI=1S/C46H52N10O10/c1-54(44(60)30-19-28(20-30)22-38(57)34-27-49-39(23-36(34)52-32-5-6-32)56-42-31(26-51-56)21-29(24-47)25-50-42)10-12-64-14-16-66-18-17-65-15-13-63-11-9-48-35-4-2-3-33-41(35)46(62)55(45(33)61)37-7-8-40(58)53-43(37)59/h2-4,21,23,25-28,30,32,37,48H,5-20,22H2,1H3,(H,49,52)(H,53,58,59). The van der Waals surface area contributed by atoms with Gasteiger partial charge in [0.1, 0.15) is 12.1 Å². The number of ketones is 1. The van der Waals surface area contributed by atoms with E-state index in [1.165, 1.54) is 6.20 Å². The van der Waals surface area contributed by atoms with Gasteiger partial charge in [-0.15, -0.1) is 0 Å². The third-order valence-electron chi connectivity index (χ3n) is 12.0. The van der Waals surface area contributed by atoms with Crippen molar-refractivity contribution in [3.63, 3.8) is 0 Å². The smallest absolute Gasteiger partial charge is 0.264 e. The fourth-order valence-corrected chi connectivity index (χ4v) is 8.28. The Balaban J connectivity index is 0.647. The number of pyridine rings is 2. The number of rotatable bonds is 24. The summed E-state index contributed by atoms with van der Waals surface area (Å²) in [6, 6.07) is 9.80. The first-order valence-corrected chi connectivity index (χ1v) is 22.3. The fourth-order valence-electron chi connectivity index (χ4n) is 8.28. The lowest BCUT2D eigenvalue weighted by molar-refractivity contribution is -0.139. The van der Waals surface area contributed by atoms with E-state index in [0.29, 0.717) is 125 Å². The van der Waals surface area contributed by atoms with E-state index in [9.17, 15) is 34.0 Å². The Kier molecular flexibility index (Phi) is 14.7. The van der Waals surface area contributed by atoms with Crippen molar-refractivity contribution in [2.45, 2.75) is 57.0 Å². The summed E-state index contributed by atoms with van der Waals surface area (Å²) in [5.74, 6) is -1.67. The van der Waals surface area contributed by atoms with Gasteiger partial charge in [0.25, 0.3) is 11.8 Å². The molecule has 4 aliphatic rings. The quantitative estimate of drug-likeness (QED) is 0.0520. The Hall–Kier alpha value is -6.66. The number of hydrogen-bond donors (Lipinski definition) is 3. The molecule has 3 fully saturated rings. The number of amides is 5. The van der Waals surface area contributed by atoms with E-state index in [0.717, 1.165) is 23.1 Å². The molecule has 0 bridgehead atoms. The number of imide groups is 2. The first kappa shape index (κ1) is 45.9. The molecule has 4 aromatic rings. The molecule has 3 aromatic heterocycles. The van der Waals surface area contributed by atoms with E-state index in [1.54, 1.807) is 53.3 Å². The molecule has 0 spiro atoms. The first-order valence-electron chi connectivity index (χ1n) is 22.3. The molecule has 20 heteroatoms. The molecule has 0 radical (unpaired) electrons. The average molecular weight is 905 g/mol. The molecule has 20 nitrogen and oxygen atoms in total. The molecule has 5 heterocycles. The molecule has 346 valence electrons. The fraction of sp³-hybridized carbons (Fsp3) is 0.478. The summed E-state index contributed by atoms with van der Waals surface area (Å²) in [5.41, 5.74) is 3.10. The number of piperidine rings is 1. The zero-order valence-electron chi connectivity index (χ0n) is 36.7. The van der Waals surface area contributed by atoms with Crippen LogP contribution in [0.5, 0.6) is 0 Å². The largest absolute Gasteiger partial charge is 0.382 e. The zero-order valence-corrected chi connectivity index (χ0v) is 36.7. The molecule has 1 atom stereocenters.